The van der Waals surface area contributed by atoms with E-state index in [2.05, 4.69) is 0 Å². The van der Waals surface area contributed by atoms with Crippen LogP contribution in [0.4, 0.5) is 4.39 Å². The smallest absolute Gasteiger partial charge is 0.346 e. The van der Waals surface area contributed by atoms with Gasteiger partial charge in [-0.05, 0) is 24.3 Å². The zero-order valence-electron chi connectivity index (χ0n) is 10.4. The van der Waals surface area contributed by atoms with Gasteiger partial charge in [0.15, 0.2) is 0 Å². The SMILES string of the molecule is CF.O=C(OC(=O)c1ccccc1)c1ccccc1. The molecule has 0 aliphatic rings. The van der Waals surface area contributed by atoms with Gasteiger partial charge in [-0.15, -0.1) is 0 Å². The summed E-state index contributed by atoms with van der Waals surface area (Å²) in [6.45, 7) is 0. The predicted octanol–water partition coefficient (Wildman–Crippen LogP) is 3.27. The summed E-state index contributed by atoms with van der Waals surface area (Å²) in [6.07, 6.45) is 0. The molecule has 0 unspecified atom stereocenters. The normalized spacial score (nSPS) is 8.95. The molecule has 0 aromatic heterocycles. The molecule has 0 saturated carbocycles. The second-order valence-electron chi connectivity index (χ2n) is 3.41. The van der Waals surface area contributed by atoms with Crippen LogP contribution in [0.3, 0.4) is 0 Å². The molecule has 0 aliphatic heterocycles. The Bertz CT molecular complexity index is 474. The largest absolute Gasteiger partial charge is 0.386 e. The van der Waals surface area contributed by atoms with Crippen molar-refractivity contribution in [2.75, 3.05) is 7.18 Å². The molecule has 0 radical (unpaired) electrons. The summed E-state index contributed by atoms with van der Waals surface area (Å²) in [5.41, 5.74) is 0.716. The topological polar surface area (TPSA) is 43.4 Å². The minimum Gasteiger partial charge on any atom is -0.386 e. The Morgan fingerprint density at radius 1 is 0.737 bits per heavy atom. The van der Waals surface area contributed by atoms with Crippen molar-refractivity contribution in [1.29, 1.82) is 0 Å². The quantitative estimate of drug-likeness (QED) is 0.614. The molecule has 0 amide bonds. The van der Waals surface area contributed by atoms with Gasteiger partial charge in [0, 0.05) is 0 Å². The summed E-state index contributed by atoms with van der Waals surface area (Å²) in [4.78, 5) is 23.2. The molecule has 3 nitrogen and oxygen atoms in total. The summed E-state index contributed by atoms with van der Waals surface area (Å²) < 4.78 is 14.2. The highest BCUT2D eigenvalue weighted by Gasteiger charge is 2.13. The Morgan fingerprint density at radius 2 is 1.05 bits per heavy atom. The van der Waals surface area contributed by atoms with E-state index in [1.54, 1.807) is 60.7 Å². The van der Waals surface area contributed by atoms with E-state index in [9.17, 15) is 14.0 Å². The first-order valence-electron chi connectivity index (χ1n) is 5.52. The standard InChI is InChI=1S/C14H10O3.CH3F/c15-13(11-7-3-1-4-8-11)17-14(16)12-9-5-2-6-10-12;1-2/h1-10H;1H3. The molecule has 0 aliphatic carbocycles. The average Bonchev–Trinajstić information content (AvgIpc) is 2.51. The van der Waals surface area contributed by atoms with Crippen molar-refractivity contribution in [3.8, 4) is 0 Å². The first-order chi connectivity index (χ1) is 9.27. The molecule has 2 rings (SSSR count). The number of carbonyl (C=O) groups is 2. The molecule has 0 saturated heterocycles. The van der Waals surface area contributed by atoms with E-state index < -0.39 is 11.9 Å². The van der Waals surface area contributed by atoms with E-state index in [1.807, 2.05) is 0 Å². The molecule has 0 heterocycles. The second-order valence-corrected chi connectivity index (χ2v) is 3.41. The number of rotatable bonds is 2. The van der Waals surface area contributed by atoms with Crippen molar-refractivity contribution in [2.45, 2.75) is 0 Å². The molecule has 0 spiro atoms. The van der Waals surface area contributed by atoms with Crippen LogP contribution < -0.4 is 0 Å². The van der Waals surface area contributed by atoms with Gasteiger partial charge >= 0.3 is 11.9 Å². The van der Waals surface area contributed by atoms with Crippen LogP contribution >= 0.6 is 0 Å². The van der Waals surface area contributed by atoms with Gasteiger partial charge in [-0.3, -0.25) is 4.39 Å². The average molecular weight is 260 g/mol. The Morgan fingerprint density at radius 3 is 1.37 bits per heavy atom. The number of hydrogen-bond acceptors (Lipinski definition) is 3. The predicted molar refractivity (Wildman–Crippen MR) is 69.7 cm³/mol. The third-order valence-electron chi connectivity index (χ3n) is 2.20. The molecule has 0 bridgehead atoms. The molecule has 98 valence electrons. The maximum absolute atomic E-state index is 11.6. The number of alkyl halides is 1. The Balaban J connectivity index is 0.000000861. The maximum Gasteiger partial charge on any atom is 0.346 e. The van der Waals surface area contributed by atoms with Crippen LogP contribution in [0.25, 0.3) is 0 Å². The van der Waals surface area contributed by atoms with Crippen molar-refractivity contribution in [2.24, 2.45) is 0 Å². The van der Waals surface area contributed by atoms with Gasteiger partial charge in [0.1, 0.15) is 0 Å². The Kier molecular flexibility index (Phi) is 5.95. The minimum absolute atomic E-state index is 0.358. The summed E-state index contributed by atoms with van der Waals surface area (Å²) in [5, 5.41) is 0. The summed E-state index contributed by atoms with van der Waals surface area (Å²) in [6, 6.07) is 16.8. The molecule has 0 fully saturated rings. The molecule has 0 atom stereocenters. The molecule has 4 heteroatoms. The van der Waals surface area contributed by atoms with Crippen LogP contribution in [-0.2, 0) is 4.74 Å². The van der Waals surface area contributed by atoms with Gasteiger partial charge in [0.05, 0.1) is 18.3 Å². The second kappa shape index (κ2) is 7.76. The van der Waals surface area contributed by atoms with Crippen LogP contribution in [0.5, 0.6) is 0 Å². The first-order valence-corrected chi connectivity index (χ1v) is 5.52. The van der Waals surface area contributed by atoms with Crippen LogP contribution in [-0.4, -0.2) is 19.1 Å². The summed E-state index contributed by atoms with van der Waals surface area (Å²) in [7, 11) is 0.500. The minimum atomic E-state index is -0.639. The fourth-order valence-electron chi connectivity index (χ4n) is 1.35. The monoisotopic (exact) mass is 260 g/mol. The van der Waals surface area contributed by atoms with E-state index in [-0.39, 0.29) is 0 Å². The van der Waals surface area contributed by atoms with Gasteiger partial charge in [0.25, 0.3) is 0 Å². The highest BCUT2D eigenvalue weighted by atomic mass is 19.1. The van der Waals surface area contributed by atoms with Gasteiger partial charge in [-0.25, -0.2) is 9.59 Å². The molecule has 2 aromatic rings. The highest BCUT2D eigenvalue weighted by molar-refractivity contribution is 6.02. The lowest BCUT2D eigenvalue weighted by Gasteiger charge is -2.02. The molecule has 19 heavy (non-hydrogen) atoms. The van der Waals surface area contributed by atoms with E-state index in [1.165, 1.54) is 0 Å². The van der Waals surface area contributed by atoms with Crippen molar-refractivity contribution >= 4 is 11.9 Å². The third-order valence-corrected chi connectivity index (χ3v) is 2.20. The zero-order chi connectivity index (χ0) is 14.1. The van der Waals surface area contributed by atoms with Crippen molar-refractivity contribution in [3.63, 3.8) is 0 Å². The van der Waals surface area contributed by atoms with Crippen molar-refractivity contribution in [3.05, 3.63) is 71.8 Å². The first kappa shape index (κ1) is 14.6. The van der Waals surface area contributed by atoms with Gasteiger partial charge < -0.3 is 4.74 Å². The molecule has 0 N–H and O–H groups in total. The lowest BCUT2D eigenvalue weighted by molar-refractivity contribution is 0.0398. The number of hydrogen-bond donors (Lipinski definition) is 0. The number of halogens is 1. The van der Waals surface area contributed by atoms with Gasteiger partial charge in [-0.2, -0.15) is 0 Å². The van der Waals surface area contributed by atoms with E-state index in [4.69, 9.17) is 4.74 Å². The summed E-state index contributed by atoms with van der Waals surface area (Å²) in [5.74, 6) is -1.28. The highest BCUT2D eigenvalue weighted by Crippen LogP contribution is 2.05. The molecular formula is C15H13FO3. The van der Waals surface area contributed by atoms with Crippen LogP contribution in [0.2, 0.25) is 0 Å². The number of carbonyl (C=O) groups excluding carboxylic acids is 2. The Labute approximate surface area is 110 Å². The maximum atomic E-state index is 11.6. The number of ether oxygens (including phenoxy) is 1. The Hall–Kier alpha value is -2.49. The zero-order valence-corrected chi connectivity index (χ0v) is 10.4. The fraction of sp³-hybridized carbons (Fsp3) is 0.0667. The lowest BCUT2D eigenvalue weighted by Crippen LogP contribution is -2.12. The van der Waals surface area contributed by atoms with E-state index >= 15 is 0 Å². The number of esters is 2. The van der Waals surface area contributed by atoms with E-state index in [0.717, 1.165) is 0 Å². The van der Waals surface area contributed by atoms with Crippen LogP contribution in [0.1, 0.15) is 20.7 Å². The van der Waals surface area contributed by atoms with Gasteiger partial charge in [0.2, 0.25) is 0 Å². The lowest BCUT2D eigenvalue weighted by atomic mass is 10.2. The molecule has 2 aromatic carbocycles. The van der Waals surface area contributed by atoms with Crippen LogP contribution in [0.15, 0.2) is 60.7 Å². The van der Waals surface area contributed by atoms with E-state index in [0.29, 0.717) is 18.3 Å². The summed E-state index contributed by atoms with van der Waals surface area (Å²) >= 11 is 0. The third kappa shape index (κ3) is 4.35. The number of benzene rings is 2. The molecular weight excluding hydrogens is 247 g/mol. The van der Waals surface area contributed by atoms with Crippen molar-refractivity contribution < 1.29 is 18.7 Å². The van der Waals surface area contributed by atoms with Crippen molar-refractivity contribution in [1.82, 2.24) is 0 Å². The van der Waals surface area contributed by atoms with Crippen LogP contribution in [0, 0.1) is 0 Å². The van der Waals surface area contributed by atoms with Gasteiger partial charge in [-0.1, -0.05) is 36.4 Å². The fourth-order valence-corrected chi connectivity index (χ4v) is 1.35.